The summed E-state index contributed by atoms with van der Waals surface area (Å²) in [7, 11) is 1.59. The topological polar surface area (TPSA) is 93.5 Å². The lowest BCUT2D eigenvalue weighted by Gasteiger charge is -2.17. The highest BCUT2D eigenvalue weighted by atomic mass is 16.2. The SMILES string of the molecule is CN(CCC#N)C(=O)CNC(=O)c1ccc(N2CCCC2=O)cc1. The van der Waals surface area contributed by atoms with Crippen LogP contribution in [-0.2, 0) is 9.59 Å². The number of carbonyl (C=O) groups excluding carboxylic acids is 3. The Morgan fingerprint density at radius 3 is 2.62 bits per heavy atom. The van der Waals surface area contributed by atoms with Crippen molar-refractivity contribution in [3.8, 4) is 6.07 Å². The first kappa shape index (κ1) is 17.5. The van der Waals surface area contributed by atoms with E-state index in [9.17, 15) is 14.4 Å². The van der Waals surface area contributed by atoms with Crippen LogP contribution in [0.2, 0.25) is 0 Å². The fourth-order valence-corrected chi connectivity index (χ4v) is 2.45. The Morgan fingerprint density at radius 1 is 1.33 bits per heavy atom. The molecule has 1 aromatic rings. The largest absolute Gasteiger partial charge is 0.343 e. The maximum atomic E-state index is 12.1. The number of anilines is 1. The van der Waals surface area contributed by atoms with Crippen molar-refractivity contribution in [3.63, 3.8) is 0 Å². The van der Waals surface area contributed by atoms with Gasteiger partial charge < -0.3 is 15.1 Å². The number of nitrogens with zero attached hydrogens (tertiary/aromatic N) is 3. The van der Waals surface area contributed by atoms with E-state index in [1.807, 2.05) is 6.07 Å². The molecule has 24 heavy (non-hydrogen) atoms. The van der Waals surface area contributed by atoms with Crippen molar-refractivity contribution in [1.29, 1.82) is 5.26 Å². The van der Waals surface area contributed by atoms with Crippen molar-refractivity contribution in [1.82, 2.24) is 10.2 Å². The van der Waals surface area contributed by atoms with Crippen LogP contribution in [-0.4, -0.2) is 49.3 Å². The van der Waals surface area contributed by atoms with Crippen molar-refractivity contribution in [2.24, 2.45) is 0 Å². The van der Waals surface area contributed by atoms with E-state index in [-0.39, 0.29) is 30.7 Å². The minimum atomic E-state index is -0.351. The third kappa shape index (κ3) is 4.32. The highest BCUT2D eigenvalue weighted by Gasteiger charge is 2.21. The third-order valence-corrected chi connectivity index (χ3v) is 3.90. The zero-order valence-corrected chi connectivity index (χ0v) is 13.6. The van der Waals surface area contributed by atoms with Gasteiger partial charge in [0, 0.05) is 37.8 Å². The summed E-state index contributed by atoms with van der Waals surface area (Å²) in [6, 6.07) is 8.71. The van der Waals surface area contributed by atoms with E-state index in [0.29, 0.717) is 25.1 Å². The maximum absolute atomic E-state index is 12.1. The summed E-state index contributed by atoms with van der Waals surface area (Å²) >= 11 is 0. The lowest BCUT2D eigenvalue weighted by atomic mass is 10.2. The smallest absolute Gasteiger partial charge is 0.251 e. The number of likely N-dealkylation sites (N-methyl/N-ethyl adjacent to an activating group) is 1. The molecule has 7 nitrogen and oxygen atoms in total. The molecule has 1 fully saturated rings. The first-order chi connectivity index (χ1) is 11.5. The predicted octanol–water partition coefficient (Wildman–Crippen LogP) is 0.915. The summed E-state index contributed by atoms with van der Waals surface area (Å²) in [4.78, 5) is 38.7. The minimum absolute atomic E-state index is 0.0956. The number of nitrogens with one attached hydrogen (secondary N) is 1. The van der Waals surface area contributed by atoms with Gasteiger partial charge in [0.1, 0.15) is 0 Å². The van der Waals surface area contributed by atoms with Crippen LogP contribution in [0.25, 0.3) is 0 Å². The lowest BCUT2D eigenvalue weighted by Crippen LogP contribution is -2.38. The van der Waals surface area contributed by atoms with Crippen LogP contribution in [0.1, 0.15) is 29.6 Å². The zero-order valence-electron chi connectivity index (χ0n) is 13.6. The maximum Gasteiger partial charge on any atom is 0.251 e. The molecule has 126 valence electrons. The van der Waals surface area contributed by atoms with Crippen molar-refractivity contribution < 1.29 is 14.4 Å². The van der Waals surface area contributed by atoms with Crippen LogP contribution < -0.4 is 10.2 Å². The van der Waals surface area contributed by atoms with E-state index in [1.165, 1.54) is 4.90 Å². The standard InChI is InChI=1S/C17H20N4O3/c1-20(10-3-9-18)16(23)12-19-17(24)13-5-7-14(8-6-13)21-11-2-4-15(21)22/h5-8H,2-4,10-12H2,1H3,(H,19,24). The molecule has 0 aromatic heterocycles. The van der Waals surface area contributed by atoms with Gasteiger partial charge in [0.25, 0.3) is 5.91 Å². The molecule has 1 N–H and O–H groups in total. The molecule has 0 saturated carbocycles. The summed E-state index contributed by atoms with van der Waals surface area (Å²) in [5.74, 6) is -0.507. The van der Waals surface area contributed by atoms with Crippen LogP contribution in [0.5, 0.6) is 0 Å². The van der Waals surface area contributed by atoms with Gasteiger partial charge in [-0.2, -0.15) is 5.26 Å². The fourth-order valence-electron chi connectivity index (χ4n) is 2.45. The van der Waals surface area contributed by atoms with E-state index >= 15 is 0 Å². The van der Waals surface area contributed by atoms with Crippen LogP contribution in [0.3, 0.4) is 0 Å². The van der Waals surface area contributed by atoms with Crippen LogP contribution >= 0.6 is 0 Å². The molecule has 0 bridgehead atoms. The quantitative estimate of drug-likeness (QED) is 0.840. The van der Waals surface area contributed by atoms with Gasteiger partial charge in [-0.15, -0.1) is 0 Å². The van der Waals surface area contributed by atoms with Crippen LogP contribution in [0.4, 0.5) is 5.69 Å². The first-order valence-electron chi connectivity index (χ1n) is 7.82. The number of amides is 3. The monoisotopic (exact) mass is 328 g/mol. The molecule has 0 atom stereocenters. The lowest BCUT2D eigenvalue weighted by molar-refractivity contribution is -0.128. The van der Waals surface area contributed by atoms with Gasteiger partial charge in [0.2, 0.25) is 11.8 Å². The Labute approximate surface area is 140 Å². The van der Waals surface area contributed by atoms with Crippen molar-refractivity contribution in [3.05, 3.63) is 29.8 Å². The van der Waals surface area contributed by atoms with Crippen molar-refractivity contribution in [2.45, 2.75) is 19.3 Å². The number of rotatable bonds is 6. The molecule has 7 heteroatoms. The van der Waals surface area contributed by atoms with E-state index in [1.54, 1.807) is 36.2 Å². The number of hydrogen-bond donors (Lipinski definition) is 1. The van der Waals surface area contributed by atoms with Gasteiger partial charge in [0.05, 0.1) is 19.0 Å². The van der Waals surface area contributed by atoms with Crippen LogP contribution in [0, 0.1) is 11.3 Å². The summed E-state index contributed by atoms with van der Waals surface area (Å²) in [6.45, 7) is 0.921. The second-order valence-corrected chi connectivity index (χ2v) is 5.60. The molecule has 1 heterocycles. The molecule has 0 spiro atoms. The van der Waals surface area contributed by atoms with E-state index in [0.717, 1.165) is 12.1 Å². The second-order valence-electron chi connectivity index (χ2n) is 5.60. The van der Waals surface area contributed by atoms with Gasteiger partial charge in [-0.3, -0.25) is 14.4 Å². The molecule has 0 unspecified atom stereocenters. The Hall–Kier alpha value is -2.88. The van der Waals surface area contributed by atoms with Crippen LogP contribution in [0.15, 0.2) is 24.3 Å². The number of hydrogen-bond acceptors (Lipinski definition) is 4. The van der Waals surface area contributed by atoms with Crippen molar-refractivity contribution >= 4 is 23.4 Å². The normalized spacial score (nSPS) is 13.5. The van der Waals surface area contributed by atoms with Crippen molar-refractivity contribution in [2.75, 3.05) is 31.6 Å². The Kier molecular flexibility index (Phi) is 5.90. The zero-order chi connectivity index (χ0) is 17.5. The number of nitriles is 1. The molecule has 1 aliphatic heterocycles. The van der Waals surface area contributed by atoms with Gasteiger partial charge >= 0.3 is 0 Å². The number of benzene rings is 1. The summed E-state index contributed by atoms with van der Waals surface area (Å²) in [5, 5.41) is 11.1. The molecule has 1 saturated heterocycles. The fraction of sp³-hybridized carbons (Fsp3) is 0.412. The van der Waals surface area contributed by atoms with Gasteiger partial charge in [-0.1, -0.05) is 0 Å². The van der Waals surface area contributed by atoms with E-state index < -0.39 is 0 Å². The summed E-state index contributed by atoms with van der Waals surface area (Å²) in [6.07, 6.45) is 1.67. The first-order valence-corrected chi connectivity index (χ1v) is 7.82. The Morgan fingerprint density at radius 2 is 2.04 bits per heavy atom. The highest BCUT2D eigenvalue weighted by molar-refractivity contribution is 5.98. The summed E-state index contributed by atoms with van der Waals surface area (Å²) < 4.78 is 0. The predicted molar refractivity (Wildman–Crippen MR) is 88.2 cm³/mol. The minimum Gasteiger partial charge on any atom is -0.343 e. The molecule has 2 rings (SSSR count). The highest BCUT2D eigenvalue weighted by Crippen LogP contribution is 2.21. The second kappa shape index (κ2) is 8.11. The van der Waals surface area contributed by atoms with E-state index in [2.05, 4.69) is 5.32 Å². The molecule has 1 aromatic carbocycles. The Balaban J connectivity index is 1.87. The number of carbonyl (C=O) groups is 3. The molecule has 1 aliphatic rings. The molecular weight excluding hydrogens is 308 g/mol. The summed E-state index contributed by atoms with van der Waals surface area (Å²) in [5.41, 5.74) is 1.21. The van der Waals surface area contributed by atoms with Gasteiger partial charge in [0.15, 0.2) is 0 Å². The van der Waals surface area contributed by atoms with Gasteiger partial charge in [-0.05, 0) is 30.7 Å². The van der Waals surface area contributed by atoms with E-state index in [4.69, 9.17) is 5.26 Å². The Bertz CT molecular complexity index is 663. The molecule has 0 aliphatic carbocycles. The third-order valence-electron chi connectivity index (χ3n) is 3.90. The molecule has 3 amide bonds. The molecular formula is C17H20N4O3. The molecule has 0 radical (unpaired) electrons. The average molecular weight is 328 g/mol. The average Bonchev–Trinajstić information content (AvgIpc) is 3.03. The van der Waals surface area contributed by atoms with Gasteiger partial charge in [-0.25, -0.2) is 0 Å².